The van der Waals surface area contributed by atoms with Crippen LogP contribution in [0.25, 0.3) is 22.2 Å². The molecule has 0 unspecified atom stereocenters. The lowest BCUT2D eigenvalue weighted by Gasteiger charge is -2.17. The molecule has 0 saturated carbocycles. The minimum Gasteiger partial charge on any atom is -0.486 e. The van der Waals surface area contributed by atoms with Crippen LogP contribution in [0.4, 0.5) is 5.82 Å². The molecule has 0 amide bonds. The van der Waals surface area contributed by atoms with Gasteiger partial charge in [-0.2, -0.15) is 10.4 Å². The van der Waals surface area contributed by atoms with Crippen molar-refractivity contribution >= 4 is 39.9 Å². The molecule has 144 valence electrons. The standard InChI is InChI=1S/C20H14Cl2N6O/c1-10(18-15(21)8-25-9-16(18)22)29-13-2-3-17-14(5-13)19(28-27-17)12-4-11(6-23)20(24)26-7-12/h2-5,7-10H,1H3,(H2,24,26)(H,27,28)/t10-/m1/s1. The van der Waals surface area contributed by atoms with Gasteiger partial charge in [0.25, 0.3) is 0 Å². The number of halogens is 2. The van der Waals surface area contributed by atoms with Crippen LogP contribution in [0, 0.1) is 11.3 Å². The first-order valence-corrected chi connectivity index (χ1v) is 9.33. The molecule has 9 heteroatoms. The van der Waals surface area contributed by atoms with Crippen molar-refractivity contribution in [3.8, 4) is 23.1 Å². The summed E-state index contributed by atoms with van der Waals surface area (Å²) in [6.45, 7) is 1.86. The summed E-state index contributed by atoms with van der Waals surface area (Å²) in [5.74, 6) is 0.792. The summed E-state index contributed by atoms with van der Waals surface area (Å²) in [4.78, 5) is 8.04. The summed E-state index contributed by atoms with van der Waals surface area (Å²) in [5, 5.41) is 18.2. The maximum atomic E-state index is 9.21. The van der Waals surface area contributed by atoms with Crippen LogP contribution >= 0.6 is 23.2 Å². The zero-order chi connectivity index (χ0) is 20.5. The van der Waals surface area contributed by atoms with E-state index in [0.717, 1.165) is 10.9 Å². The summed E-state index contributed by atoms with van der Waals surface area (Å²) < 4.78 is 6.07. The Balaban J connectivity index is 1.72. The van der Waals surface area contributed by atoms with E-state index in [1.165, 1.54) is 12.4 Å². The number of pyridine rings is 2. The molecule has 0 spiro atoms. The van der Waals surface area contributed by atoms with Crippen LogP contribution < -0.4 is 10.5 Å². The summed E-state index contributed by atoms with van der Waals surface area (Å²) in [6.07, 6.45) is 4.24. The fourth-order valence-corrected chi connectivity index (χ4v) is 3.73. The van der Waals surface area contributed by atoms with E-state index in [4.69, 9.17) is 33.7 Å². The van der Waals surface area contributed by atoms with Gasteiger partial charge in [-0.1, -0.05) is 23.2 Å². The molecular formula is C20H14Cl2N6O. The Hall–Kier alpha value is -3.34. The molecule has 0 bridgehead atoms. The molecule has 29 heavy (non-hydrogen) atoms. The van der Waals surface area contributed by atoms with Crippen LogP contribution in [0.1, 0.15) is 24.2 Å². The maximum Gasteiger partial charge on any atom is 0.141 e. The highest BCUT2D eigenvalue weighted by atomic mass is 35.5. The van der Waals surface area contributed by atoms with Crippen molar-refractivity contribution in [2.45, 2.75) is 13.0 Å². The molecule has 3 aromatic heterocycles. The Morgan fingerprint density at radius 3 is 2.66 bits per heavy atom. The van der Waals surface area contributed by atoms with Crippen LogP contribution in [0.3, 0.4) is 0 Å². The number of nitrogens with zero attached hydrogens (tertiary/aromatic N) is 4. The van der Waals surface area contributed by atoms with E-state index in [2.05, 4.69) is 20.2 Å². The van der Waals surface area contributed by atoms with Gasteiger partial charge in [0.2, 0.25) is 0 Å². The molecule has 4 rings (SSSR count). The third kappa shape index (κ3) is 3.56. The first-order valence-electron chi connectivity index (χ1n) is 8.57. The van der Waals surface area contributed by atoms with Gasteiger partial charge >= 0.3 is 0 Å². The van der Waals surface area contributed by atoms with Crippen molar-refractivity contribution in [1.29, 1.82) is 5.26 Å². The topological polar surface area (TPSA) is 113 Å². The zero-order valence-corrected chi connectivity index (χ0v) is 16.7. The second kappa shape index (κ2) is 7.59. The number of ether oxygens (including phenoxy) is 1. The fourth-order valence-electron chi connectivity index (χ4n) is 3.05. The number of H-pyrrole nitrogens is 1. The van der Waals surface area contributed by atoms with Gasteiger partial charge in [-0.3, -0.25) is 10.1 Å². The van der Waals surface area contributed by atoms with Crippen molar-refractivity contribution in [3.63, 3.8) is 0 Å². The van der Waals surface area contributed by atoms with Gasteiger partial charge in [0.15, 0.2) is 0 Å². The Labute approximate surface area is 176 Å². The van der Waals surface area contributed by atoms with Gasteiger partial charge in [0.05, 0.1) is 21.1 Å². The number of nitrogens with one attached hydrogen (secondary N) is 1. The number of aromatic nitrogens is 4. The predicted molar refractivity (Wildman–Crippen MR) is 112 cm³/mol. The van der Waals surface area contributed by atoms with E-state index in [-0.39, 0.29) is 5.82 Å². The van der Waals surface area contributed by atoms with Crippen molar-refractivity contribution < 1.29 is 4.74 Å². The van der Waals surface area contributed by atoms with E-state index >= 15 is 0 Å². The molecule has 0 fully saturated rings. The number of benzene rings is 1. The van der Waals surface area contributed by atoms with E-state index in [0.29, 0.717) is 38.2 Å². The normalized spacial score (nSPS) is 11.9. The van der Waals surface area contributed by atoms with Crippen molar-refractivity contribution in [2.24, 2.45) is 0 Å². The number of nitrogens with two attached hydrogens (primary N) is 1. The first-order chi connectivity index (χ1) is 14.0. The number of anilines is 1. The van der Waals surface area contributed by atoms with Crippen LogP contribution in [-0.2, 0) is 0 Å². The van der Waals surface area contributed by atoms with Crippen LogP contribution in [0.15, 0.2) is 42.9 Å². The monoisotopic (exact) mass is 424 g/mol. The molecule has 1 aromatic carbocycles. The van der Waals surface area contributed by atoms with Gasteiger partial charge in [-0.05, 0) is 31.2 Å². The number of rotatable bonds is 4. The maximum absolute atomic E-state index is 9.21. The number of fused-ring (bicyclic) bond motifs is 1. The van der Waals surface area contributed by atoms with Gasteiger partial charge in [-0.15, -0.1) is 0 Å². The Morgan fingerprint density at radius 1 is 1.17 bits per heavy atom. The predicted octanol–water partition coefficient (Wildman–Crippen LogP) is 4.92. The minimum absolute atomic E-state index is 0.181. The van der Waals surface area contributed by atoms with E-state index in [1.807, 2.05) is 31.2 Å². The Kier molecular flexibility index (Phi) is 4.97. The largest absolute Gasteiger partial charge is 0.486 e. The molecule has 0 aliphatic heterocycles. The molecular weight excluding hydrogens is 411 g/mol. The van der Waals surface area contributed by atoms with Crippen LogP contribution in [0.2, 0.25) is 10.0 Å². The second-order valence-electron chi connectivity index (χ2n) is 6.33. The number of hydrogen-bond acceptors (Lipinski definition) is 6. The summed E-state index contributed by atoms with van der Waals surface area (Å²) in [6, 6.07) is 9.23. The molecule has 4 aromatic rings. The first kappa shape index (κ1) is 19.0. The second-order valence-corrected chi connectivity index (χ2v) is 7.14. The third-order valence-corrected chi connectivity index (χ3v) is 5.06. The van der Waals surface area contributed by atoms with Crippen molar-refractivity contribution in [2.75, 3.05) is 5.73 Å². The average molecular weight is 425 g/mol. The minimum atomic E-state index is -0.394. The van der Waals surface area contributed by atoms with Crippen LogP contribution in [-0.4, -0.2) is 20.2 Å². The van der Waals surface area contributed by atoms with Gasteiger partial charge in [-0.25, -0.2) is 4.98 Å². The Bertz CT molecular complexity index is 1240. The van der Waals surface area contributed by atoms with E-state index < -0.39 is 6.10 Å². The summed E-state index contributed by atoms with van der Waals surface area (Å²) in [5.41, 5.74) is 8.80. The number of aromatic amines is 1. The summed E-state index contributed by atoms with van der Waals surface area (Å²) >= 11 is 12.5. The summed E-state index contributed by atoms with van der Waals surface area (Å²) in [7, 11) is 0. The SMILES string of the molecule is C[C@@H](Oc1ccc2[nH]nc(-c3cnc(N)c(C#N)c3)c2c1)c1c(Cl)cncc1Cl. The molecule has 0 aliphatic rings. The molecule has 0 saturated heterocycles. The molecule has 0 aliphatic carbocycles. The van der Waals surface area contributed by atoms with Gasteiger partial charge in [0.1, 0.15) is 29.4 Å². The number of nitrogen functional groups attached to an aromatic ring is 1. The van der Waals surface area contributed by atoms with Crippen LogP contribution in [0.5, 0.6) is 5.75 Å². The van der Waals surface area contributed by atoms with Gasteiger partial charge in [0, 0.05) is 35.1 Å². The fraction of sp³-hybridized carbons (Fsp3) is 0.100. The lowest BCUT2D eigenvalue weighted by Crippen LogP contribution is -2.05. The van der Waals surface area contributed by atoms with E-state index in [9.17, 15) is 5.26 Å². The quantitative estimate of drug-likeness (QED) is 0.480. The zero-order valence-electron chi connectivity index (χ0n) is 15.1. The number of hydrogen-bond donors (Lipinski definition) is 2. The Morgan fingerprint density at radius 2 is 1.93 bits per heavy atom. The average Bonchev–Trinajstić information content (AvgIpc) is 3.11. The molecule has 0 radical (unpaired) electrons. The van der Waals surface area contributed by atoms with E-state index in [1.54, 1.807) is 12.3 Å². The highest BCUT2D eigenvalue weighted by molar-refractivity contribution is 6.35. The highest BCUT2D eigenvalue weighted by Gasteiger charge is 2.17. The molecule has 7 nitrogen and oxygen atoms in total. The molecule has 3 N–H and O–H groups in total. The molecule has 3 heterocycles. The highest BCUT2D eigenvalue weighted by Crippen LogP contribution is 2.35. The lowest BCUT2D eigenvalue weighted by molar-refractivity contribution is 0.227. The number of nitriles is 1. The lowest BCUT2D eigenvalue weighted by atomic mass is 10.1. The third-order valence-electron chi connectivity index (χ3n) is 4.46. The smallest absolute Gasteiger partial charge is 0.141 e. The van der Waals surface area contributed by atoms with Crippen molar-refractivity contribution in [1.82, 2.24) is 20.2 Å². The molecule has 1 atom stereocenters. The van der Waals surface area contributed by atoms with Gasteiger partial charge < -0.3 is 10.5 Å². The van der Waals surface area contributed by atoms with Crippen molar-refractivity contribution in [3.05, 3.63) is 64.0 Å².